The number of aromatic carboxylic acids is 1. The second-order valence-corrected chi connectivity index (χ2v) is 11.4. The molecule has 0 radical (unpaired) electrons. The molecule has 0 bridgehead atoms. The molecule has 8 heteroatoms. The van der Waals surface area contributed by atoms with Crippen molar-refractivity contribution in [2.24, 2.45) is 0 Å². The van der Waals surface area contributed by atoms with Crippen LogP contribution in [-0.2, 0) is 17.3 Å². The quantitative estimate of drug-likeness (QED) is 0.234. The molecule has 0 aliphatic rings. The van der Waals surface area contributed by atoms with Crippen molar-refractivity contribution in [3.8, 4) is 11.1 Å². The van der Waals surface area contributed by atoms with E-state index in [2.05, 4.69) is 5.32 Å². The van der Waals surface area contributed by atoms with Crippen LogP contribution in [-0.4, -0.2) is 40.5 Å². The summed E-state index contributed by atoms with van der Waals surface area (Å²) in [4.78, 5) is 11.4. The van der Waals surface area contributed by atoms with Gasteiger partial charge in [-0.3, -0.25) is 0 Å². The summed E-state index contributed by atoms with van der Waals surface area (Å²) in [5.74, 6) is -0.974. The number of rotatable bonds is 11. The van der Waals surface area contributed by atoms with Crippen LogP contribution in [0.15, 0.2) is 60.7 Å². The smallest absolute Gasteiger partial charge is 0.416 e. The number of β-amino-alcohol motifs (C(OH)–C–C–N with tert-alkyl or cyclic N) is 1. The van der Waals surface area contributed by atoms with Crippen LogP contribution in [0.1, 0.15) is 72.0 Å². The van der Waals surface area contributed by atoms with Crippen LogP contribution >= 0.6 is 0 Å². The first-order valence-corrected chi connectivity index (χ1v) is 13.2. The topological polar surface area (TPSA) is 78.8 Å². The zero-order chi connectivity index (χ0) is 29.9. The fraction of sp³-hybridized carbons (Fsp3) is 0.406. The van der Waals surface area contributed by atoms with Gasteiger partial charge in [0, 0.05) is 12.1 Å². The monoisotopic (exact) mass is 557 g/mol. The summed E-state index contributed by atoms with van der Waals surface area (Å²) in [6, 6.07) is 17.3. The van der Waals surface area contributed by atoms with Crippen LogP contribution in [0.3, 0.4) is 0 Å². The average molecular weight is 558 g/mol. The van der Waals surface area contributed by atoms with E-state index in [4.69, 9.17) is 4.74 Å². The predicted molar refractivity (Wildman–Crippen MR) is 151 cm³/mol. The largest absolute Gasteiger partial charge is 0.478 e. The molecule has 40 heavy (non-hydrogen) atoms. The molecule has 0 spiro atoms. The summed E-state index contributed by atoms with van der Waals surface area (Å²) >= 11 is 0. The fourth-order valence-electron chi connectivity index (χ4n) is 4.72. The van der Waals surface area contributed by atoms with Gasteiger partial charge in [0.05, 0.1) is 29.4 Å². The second-order valence-electron chi connectivity index (χ2n) is 11.4. The minimum Gasteiger partial charge on any atom is -0.478 e. The van der Waals surface area contributed by atoms with Crippen LogP contribution in [0.2, 0.25) is 0 Å². The maximum atomic E-state index is 13.3. The van der Waals surface area contributed by atoms with Crippen molar-refractivity contribution in [2.45, 2.75) is 71.4 Å². The lowest BCUT2D eigenvalue weighted by Gasteiger charge is -2.33. The zero-order valence-electron chi connectivity index (χ0n) is 23.8. The van der Waals surface area contributed by atoms with Crippen LogP contribution in [0.4, 0.5) is 13.2 Å². The van der Waals surface area contributed by atoms with Crippen LogP contribution in [0.25, 0.3) is 11.1 Å². The van der Waals surface area contributed by atoms with Gasteiger partial charge in [-0.25, -0.2) is 4.79 Å². The lowest BCUT2D eigenvalue weighted by Crippen LogP contribution is -2.50. The van der Waals surface area contributed by atoms with E-state index in [1.165, 1.54) is 19.1 Å². The van der Waals surface area contributed by atoms with Crippen molar-refractivity contribution in [1.82, 2.24) is 5.32 Å². The minimum atomic E-state index is -4.41. The molecule has 216 valence electrons. The number of halogens is 3. The summed E-state index contributed by atoms with van der Waals surface area (Å²) < 4.78 is 46.1. The van der Waals surface area contributed by atoms with Gasteiger partial charge in [0.25, 0.3) is 0 Å². The highest BCUT2D eigenvalue weighted by Gasteiger charge is 2.33. The molecule has 5 nitrogen and oxygen atoms in total. The number of benzene rings is 3. The summed E-state index contributed by atoms with van der Waals surface area (Å²) in [5, 5.41) is 23.7. The van der Waals surface area contributed by atoms with Crippen LogP contribution < -0.4 is 5.32 Å². The molecule has 3 aromatic carbocycles. The molecule has 0 amide bonds. The van der Waals surface area contributed by atoms with Crippen molar-refractivity contribution in [3.63, 3.8) is 0 Å². The molecule has 0 heterocycles. The van der Waals surface area contributed by atoms with E-state index < -0.39 is 28.8 Å². The molecule has 0 fully saturated rings. The van der Waals surface area contributed by atoms with E-state index in [0.717, 1.165) is 16.7 Å². The Kier molecular flexibility index (Phi) is 9.50. The van der Waals surface area contributed by atoms with Gasteiger partial charge in [0.2, 0.25) is 0 Å². The van der Waals surface area contributed by atoms with Crippen molar-refractivity contribution >= 4 is 5.97 Å². The molecule has 0 unspecified atom stereocenters. The number of ether oxygens (including phenoxy) is 1. The SMILES string of the molecule is Cc1cc(-c2ccccc2[C@@H](C)OC[C@@](C)(O)CNC(C)(C)Cc2ccc(C)c(C(F)(F)F)c2)ccc1C(=O)O. The van der Waals surface area contributed by atoms with E-state index in [1.807, 2.05) is 51.1 Å². The van der Waals surface area contributed by atoms with E-state index in [0.29, 0.717) is 17.5 Å². The third-order valence-electron chi connectivity index (χ3n) is 7.01. The molecule has 0 aliphatic carbocycles. The Balaban J connectivity index is 1.65. The normalized spacial score (nSPS) is 14.6. The highest BCUT2D eigenvalue weighted by Crippen LogP contribution is 2.34. The molecule has 3 rings (SSSR count). The number of carboxylic acids is 1. The Morgan fingerprint density at radius 2 is 1.65 bits per heavy atom. The van der Waals surface area contributed by atoms with Gasteiger partial charge in [-0.1, -0.05) is 48.5 Å². The second kappa shape index (κ2) is 12.1. The Labute approximate surface area is 234 Å². The fourth-order valence-corrected chi connectivity index (χ4v) is 4.72. The molecule has 3 aromatic rings. The Hall–Kier alpha value is -3.20. The number of aryl methyl sites for hydroxylation is 2. The maximum absolute atomic E-state index is 13.3. The van der Waals surface area contributed by atoms with Gasteiger partial charge in [-0.2, -0.15) is 13.2 Å². The van der Waals surface area contributed by atoms with Crippen LogP contribution in [0, 0.1) is 13.8 Å². The third-order valence-corrected chi connectivity index (χ3v) is 7.01. The lowest BCUT2D eigenvalue weighted by atomic mass is 9.91. The number of hydrogen-bond donors (Lipinski definition) is 3. The Morgan fingerprint density at radius 1 is 0.975 bits per heavy atom. The number of alkyl halides is 3. The maximum Gasteiger partial charge on any atom is 0.416 e. The summed E-state index contributed by atoms with van der Waals surface area (Å²) in [6.07, 6.45) is -4.44. The van der Waals surface area contributed by atoms with Gasteiger partial charge >= 0.3 is 12.1 Å². The van der Waals surface area contributed by atoms with Crippen molar-refractivity contribution < 1.29 is 32.9 Å². The lowest BCUT2D eigenvalue weighted by molar-refractivity contribution is -0.138. The molecule has 2 atom stereocenters. The Bertz CT molecular complexity index is 1350. The van der Waals surface area contributed by atoms with Gasteiger partial charge in [-0.05, 0) is 93.5 Å². The molecule has 0 saturated carbocycles. The number of hydrogen-bond acceptors (Lipinski definition) is 4. The number of carboxylic acid groups (broad SMARTS) is 1. The van der Waals surface area contributed by atoms with E-state index in [9.17, 15) is 28.2 Å². The van der Waals surface area contributed by atoms with Gasteiger partial charge < -0.3 is 20.3 Å². The van der Waals surface area contributed by atoms with Crippen molar-refractivity contribution in [3.05, 3.63) is 94.0 Å². The van der Waals surface area contributed by atoms with Gasteiger partial charge in [0.15, 0.2) is 0 Å². The molecule has 0 saturated heterocycles. The van der Waals surface area contributed by atoms with Crippen LogP contribution in [0.5, 0.6) is 0 Å². The summed E-state index contributed by atoms with van der Waals surface area (Å²) in [5.41, 5.74) is 1.86. The van der Waals surface area contributed by atoms with Crippen molar-refractivity contribution in [1.29, 1.82) is 0 Å². The average Bonchev–Trinajstić information content (AvgIpc) is 2.86. The summed E-state index contributed by atoms with van der Waals surface area (Å²) in [7, 11) is 0. The molecule has 0 aromatic heterocycles. The number of aliphatic hydroxyl groups is 1. The van der Waals surface area contributed by atoms with Gasteiger partial charge in [0.1, 0.15) is 0 Å². The standard InChI is InChI=1S/C32H38F3NO4/c1-20-11-12-23(16-28(20)32(33,34)35)17-30(4,5)36-18-31(6,39)19-40-22(3)26-9-7-8-10-27(26)24-13-14-25(29(37)38)21(2)15-24/h7-16,22,36,39H,17-19H2,1-6H3,(H,37,38)/t22-,31+/m1/s1. The highest BCUT2D eigenvalue weighted by atomic mass is 19.4. The number of nitrogens with one attached hydrogen (secondary N) is 1. The van der Waals surface area contributed by atoms with E-state index in [-0.39, 0.29) is 30.4 Å². The molecule has 0 aliphatic heterocycles. The molecule has 3 N–H and O–H groups in total. The predicted octanol–water partition coefficient (Wildman–Crippen LogP) is 7.13. The van der Waals surface area contributed by atoms with Crippen molar-refractivity contribution in [2.75, 3.05) is 13.2 Å². The zero-order valence-corrected chi connectivity index (χ0v) is 23.8. The van der Waals surface area contributed by atoms with E-state index >= 15 is 0 Å². The first-order chi connectivity index (χ1) is 18.5. The van der Waals surface area contributed by atoms with Gasteiger partial charge in [-0.15, -0.1) is 0 Å². The first kappa shape index (κ1) is 31.3. The first-order valence-electron chi connectivity index (χ1n) is 13.2. The highest BCUT2D eigenvalue weighted by molar-refractivity contribution is 5.90. The molecular formula is C32H38F3NO4. The Morgan fingerprint density at radius 3 is 2.27 bits per heavy atom. The number of carbonyl (C=O) groups is 1. The summed E-state index contributed by atoms with van der Waals surface area (Å²) in [6.45, 7) is 10.7. The molecular weight excluding hydrogens is 519 g/mol. The minimum absolute atomic E-state index is 0.0192. The third kappa shape index (κ3) is 8.16. The van der Waals surface area contributed by atoms with E-state index in [1.54, 1.807) is 32.0 Å².